The zero-order valence-electron chi connectivity index (χ0n) is 10.8. The van der Waals surface area contributed by atoms with E-state index in [1.165, 1.54) is 7.11 Å². The molecule has 19 heavy (non-hydrogen) atoms. The van der Waals surface area contributed by atoms with Gasteiger partial charge in [0.05, 0.1) is 26.0 Å². The van der Waals surface area contributed by atoms with E-state index >= 15 is 0 Å². The minimum atomic E-state index is -0.334. The third-order valence-electron chi connectivity index (χ3n) is 3.10. The molecule has 0 bridgehead atoms. The number of methoxy groups -OCH3 is 1. The lowest BCUT2D eigenvalue weighted by Gasteiger charge is -2.20. The van der Waals surface area contributed by atoms with E-state index in [9.17, 15) is 9.59 Å². The number of esters is 2. The first-order valence-electron chi connectivity index (χ1n) is 6.22. The fourth-order valence-corrected chi connectivity index (χ4v) is 2.12. The van der Waals surface area contributed by atoms with E-state index < -0.39 is 0 Å². The van der Waals surface area contributed by atoms with Gasteiger partial charge in [0.25, 0.3) is 0 Å². The fraction of sp³-hybridized carbons (Fsp3) is 0.429. The Hall–Kier alpha value is -1.88. The standard InChI is InChI=1S/C14H17NO4/c1-18-13(16)7-11-8-14(17)19-9-12(15-11)10-5-3-2-4-6-10/h2-6,11-12,15H,7-9H2,1H3/t11-,12-/m0/s1. The Labute approximate surface area is 111 Å². The van der Waals surface area contributed by atoms with Gasteiger partial charge in [-0.05, 0) is 5.56 Å². The van der Waals surface area contributed by atoms with Crippen molar-refractivity contribution in [1.29, 1.82) is 0 Å². The van der Waals surface area contributed by atoms with E-state index in [1.807, 2.05) is 30.3 Å². The van der Waals surface area contributed by atoms with Crippen LogP contribution >= 0.6 is 0 Å². The number of hydrogen-bond donors (Lipinski definition) is 1. The second kappa shape index (κ2) is 6.33. The molecule has 1 saturated heterocycles. The molecule has 0 unspecified atom stereocenters. The highest BCUT2D eigenvalue weighted by Crippen LogP contribution is 2.19. The minimum Gasteiger partial charge on any atom is -0.469 e. The molecule has 1 fully saturated rings. The van der Waals surface area contributed by atoms with Crippen molar-refractivity contribution in [3.05, 3.63) is 35.9 Å². The quantitative estimate of drug-likeness (QED) is 0.830. The minimum absolute atomic E-state index is 0.0951. The van der Waals surface area contributed by atoms with Crippen LogP contribution in [0.25, 0.3) is 0 Å². The summed E-state index contributed by atoms with van der Waals surface area (Å²) >= 11 is 0. The van der Waals surface area contributed by atoms with Crippen LogP contribution in [0.4, 0.5) is 0 Å². The summed E-state index contributed by atoms with van der Waals surface area (Å²) in [7, 11) is 1.34. The van der Waals surface area contributed by atoms with Crippen molar-refractivity contribution in [3.8, 4) is 0 Å². The van der Waals surface area contributed by atoms with Crippen molar-refractivity contribution >= 4 is 11.9 Å². The summed E-state index contributed by atoms with van der Waals surface area (Å²) in [6.07, 6.45) is 0.341. The zero-order chi connectivity index (χ0) is 13.7. The van der Waals surface area contributed by atoms with Crippen LogP contribution in [-0.2, 0) is 19.1 Å². The average molecular weight is 263 g/mol. The third kappa shape index (κ3) is 3.79. The first-order valence-corrected chi connectivity index (χ1v) is 6.22. The number of ether oxygens (including phenoxy) is 2. The van der Waals surface area contributed by atoms with Crippen LogP contribution in [0.2, 0.25) is 0 Å². The summed E-state index contributed by atoms with van der Waals surface area (Å²) in [5, 5.41) is 3.28. The van der Waals surface area contributed by atoms with Crippen LogP contribution in [0.3, 0.4) is 0 Å². The topological polar surface area (TPSA) is 64.6 Å². The summed E-state index contributed by atoms with van der Waals surface area (Å²) in [6.45, 7) is 0.278. The molecule has 1 aliphatic rings. The smallest absolute Gasteiger partial charge is 0.307 e. The maximum Gasteiger partial charge on any atom is 0.307 e. The second-order valence-electron chi connectivity index (χ2n) is 4.49. The Kier molecular flexibility index (Phi) is 4.52. The van der Waals surface area contributed by atoms with Crippen LogP contribution in [0.15, 0.2) is 30.3 Å². The monoisotopic (exact) mass is 263 g/mol. The molecule has 0 spiro atoms. The van der Waals surface area contributed by atoms with Gasteiger partial charge in [-0.1, -0.05) is 30.3 Å². The zero-order valence-corrected chi connectivity index (χ0v) is 10.8. The van der Waals surface area contributed by atoms with E-state index in [-0.39, 0.29) is 43.5 Å². The highest BCUT2D eigenvalue weighted by molar-refractivity contribution is 5.74. The summed E-state index contributed by atoms with van der Waals surface area (Å²) in [5.41, 5.74) is 1.03. The Morgan fingerprint density at radius 2 is 2.16 bits per heavy atom. The number of rotatable bonds is 3. The van der Waals surface area contributed by atoms with Gasteiger partial charge in [0.2, 0.25) is 0 Å². The molecular formula is C14H17NO4. The van der Waals surface area contributed by atoms with Gasteiger partial charge in [-0.15, -0.1) is 0 Å². The third-order valence-corrected chi connectivity index (χ3v) is 3.10. The molecule has 5 heteroatoms. The maximum atomic E-state index is 11.5. The van der Waals surface area contributed by atoms with Crippen LogP contribution in [0.1, 0.15) is 24.4 Å². The largest absolute Gasteiger partial charge is 0.469 e. The van der Waals surface area contributed by atoms with Crippen LogP contribution in [-0.4, -0.2) is 31.7 Å². The van der Waals surface area contributed by atoms with Crippen LogP contribution < -0.4 is 5.32 Å². The predicted octanol–water partition coefficient (Wildman–Crippen LogP) is 1.20. The van der Waals surface area contributed by atoms with Gasteiger partial charge in [-0.25, -0.2) is 0 Å². The van der Waals surface area contributed by atoms with Crippen molar-refractivity contribution in [2.45, 2.75) is 24.9 Å². The first-order chi connectivity index (χ1) is 9.19. The van der Waals surface area contributed by atoms with Gasteiger partial charge in [0.15, 0.2) is 0 Å². The van der Waals surface area contributed by atoms with Crippen molar-refractivity contribution in [1.82, 2.24) is 5.32 Å². The van der Waals surface area contributed by atoms with Crippen LogP contribution in [0.5, 0.6) is 0 Å². The normalized spacial score (nSPS) is 23.3. The molecule has 102 valence electrons. The number of nitrogens with one attached hydrogen (secondary N) is 1. The fourth-order valence-electron chi connectivity index (χ4n) is 2.12. The molecule has 1 aliphatic heterocycles. The highest BCUT2D eigenvalue weighted by Gasteiger charge is 2.27. The van der Waals surface area contributed by atoms with E-state index in [2.05, 4.69) is 10.1 Å². The van der Waals surface area contributed by atoms with E-state index in [1.54, 1.807) is 0 Å². The molecule has 0 aliphatic carbocycles. The van der Waals surface area contributed by atoms with Gasteiger partial charge >= 0.3 is 11.9 Å². The molecule has 1 aromatic carbocycles. The number of carbonyl (C=O) groups is 2. The molecule has 0 radical (unpaired) electrons. The summed E-state index contributed by atoms with van der Waals surface area (Å²) in [6, 6.07) is 9.36. The second-order valence-corrected chi connectivity index (χ2v) is 4.49. The van der Waals surface area contributed by atoms with Crippen molar-refractivity contribution < 1.29 is 19.1 Å². The number of carbonyl (C=O) groups excluding carboxylic acids is 2. The molecule has 5 nitrogen and oxygen atoms in total. The average Bonchev–Trinajstić information content (AvgIpc) is 2.61. The number of cyclic esters (lactones) is 1. The lowest BCUT2D eigenvalue weighted by molar-refractivity contribution is -0.143. The lowest BCUT2D eigenvalue weighted by atomic mass is 10.1. The predicted molar refractivity (Wildman–Crippen MR) is 68.3 cm³/mol. The lowest BCUT2D eigenvalue weighted by Crippen LogP contribution is -2.35. The van der Waals surface area contributed by atoms with Crippen molar-refractivity contribution in [3.63, 3.8) is 0 Å². The molecule has 0 amide bonds. The summed E-state index contributed by atoms with van der Waals surface area (Å²) in [4.78, 5) is 22.9. The first kappa shape index (κ1) is 13.5. The van der Waals surface area contributed by atoms with E-state index in [0.717, 1.165) is 5.56 Å². The molecule has 2 rings (SSSR count). The van der Waals surface area contributed by atoms with E-state index in [4.69, 9.17) is 4.74 Å². The molecule has 1 N–H and O–H groups in total. The van der Waals surface area contributed by atoms with E-state index in [0.29, 0.717) is 0 Å². The van der Waals surface area contributed by atoms with Gasteiger partial charge < -0.3 is 14.8 Å². The molecule has 1 heterocycles. The van der Waals surface area contributed by atoms with Gasteiger partial charge in [0.1, 0.15) is 6.61 Å². The Balaban J connectivity index is 2.09. The van der Waals surface area contributed by atoms with Gasteiger partial charge in [-0.3, -0.25) is 9.59 Å². The SMILES string of the molecule is COC(=O)C[C@H]1CC(=O)OC[C@@H](c2ccccc2)N1. The van der Waals surface area contributed by atoms with Crippen LogP contribution in [0, 0.1) is 0 Å². The Morgan fingerprint density at radius 1 is 1.42 bits per heavy atom. The number of benzene rings is 1. The van der Waals surface area contributed by atoms with Crippen molar-refractivity contribution in [2.24, 2.45) is 0 Å². The van der Waals surface area contributed by atoms with Crippen molar-refractivity contribution in [2.75, 3.05) is 13.7 Å². The molecule has 0 saturated carbocycles. The maximum absolute atomic E-state index is 11.5. The Bertz CT molecular complexity index is 446. The highest BCUT2D eigenvalue weighted by atomic mass is 16.5. The molecule has 0 aromatic heterocycles. The van der Waals surface area contributed by atoms with Gasteiger partial charge in [-0.2, -0.15) is 0 Å². The van der Waals surface area contributed by atoms with Gasteiger partial charge in [0, 0.05) is 6.04 Å². The molecular weight excluding hydrogens is 246 g/mol. The summed E-state index contributed by atoms with van der Waals surface area (Å²) in [5.74, 6) is -0.626. The Morgan fingerprint density at radius 3 is 2.84 bits per heavy atom. The number of hydrogen-bond acceptors (Lipinski definition) is 5. The molecule has 2 atom stereocenters. The molecule has 1 aromatic rings. The summed E-state index contributed by atoms with van der Waals surface area (Å²) < 4.78 is 9.80.